The minimum atomic E-state index is 0.0386. The van der Waals surface area contributed by atoms with Crippen LogP contribution in [0.3, 0.4) is 0 Å². The molecule has 1 N–H and O–H groups in total. The Balaban J connectivity index is 1.48. The number of carbonyl (C=O) groups is 1. The first-order chi connectivity index (χ1) is 12.2. The van der Waals surface area contributed by atoms with Gasteiger partial charge in [-0.2, -0.15) is 10.2 Å². The number of piperidine rings is 1. The minimum absolute atomic E-state index is 0.0386. The number of aromatic amines is 1. The van der Waals surface area contributed by atoms with Crippen LogP contribution in [-0.2, 0) is 11.8 Å². The Morgan fingerprint density at radius 1 is 1.32 bits per heavy atom. The van der Waals surface area contributed by atoms with E-state index < -0.39 is 0 Å². The van der Waals surface area contributed by atoms with E-state index in [1.54, 1.807) is 16.9 Å². The van der Waals surface area contributed by atoms with Crippen molar-refractivity contribution in [3.05, 3.63) is 47.2 Å². The van der Waals surface area contributed by atoms with Gasteiger partial charge in [-0.05, 0) is 38.2 Å². The summed E-state index contributed by atoms with van der Waals surface area (Å²) in [5.74, 6) is 0.0504. The SMILES string of the molecule is Cc1c(C(=O)N2CCCC3(CCc4cn[nH]c43)C2)cnc2ccnn12. The summed E-state index contributed by atoms with van der Waals surface area (Å²) in [5, 5.41) is 11.7. The fraction of sp³-hybridized carbons (Fsp3) is 0.444. The molecule has 5 rings (SSSR count). The number of H-pyrrole nitrogens is 1. The van der Waals surface area contributed by atoms with Crippen LogP contribution < -0.4 is 0 Å². The summed E-state index contributed by atoms with van der Waals surface area (Å²) < 4.78 is 1.73. The molecule has 7 heteroatoms. The van der Waals surface area contributed by atoms with Gasteiger partial charge in [0.2, 0.25) is 0 Å². The second-order valence-electron chi connectivity index (χ2n) is 7.24. The first kappa shape index (κ1) is 14.6. The number of hydrogen-bond acceptors (Lipinski definition) is 4. The first-order valence-corrected chi connectivity index (χ1v) is 8.79. The molecule has 1 unspecified atom stereocenters. The van der Waals surface area contributed by atoms with Gasteiger partial charge < -0.3 is 4.90 Å². The molecule has 1 fully saturated rings. The molecule has 128 valence electrons. The van der Waals surface area contributed by atoms with Crippen LogP contribution in [0.15, 0.2) is 24.7 Å². The molecule has 2 aliphatic rings. The zero-order valence-corrected chi connectivity index (χ0v) is 14.2. The van der Waals surface area contributed by atoms with E-state index >= 15 is 0 Å². The van der Waals surface area contributed by atoms with Crippen LogP contribution >= 0.6 is 0 Å². The fourth-order valence-electron chi connectivity index (χ4n) is 4.54. The number of rotatable bonds is 1. The van der Waals surface area contributed by atoms with Crippen LogP contribution in [0, 0.1) is 6.92 Å². The maximum atomic E-state index is 13.2. The zero-order valence-electron chi connectivity index (χ0n) is 14.2. The predicted octanol–water partition coefficient (Wildman–Crippen LogP) is 1.88. The second-order valence-corrected chi connectivity index (χ2v) is 7.24. The lowest BCUT2D eigenvalue weighted by atomic mass is 9.77. The summed E-state index contributed by atoms with van der Waals surface area (Å²) in [6.45, 7) is 3.47. The van der Waals surface area contributed by atoms with Crippen molar-refractivity contribution in [3.63, 3.8) is 0 Å². The van der Waals surface area contributed by atoms with Crippen LogP contribution in [-0.4, -0.2) is 48.7 Å². The van der Waals surface area contributed by atoms with Gasteiger partial charge in [0.25, 0.3) is 5.91 Å². The average Bonchev–Trinajstić information content (AvgIpc) is 3.34. The Morgan fingerprint density at radius 2 is 2.24 bits per heavy atom. The molecule has 7 nitrogen and oxygen atoms in total. The number of aryl methyl sites for hydroxylation is 2. The van der Waals surface area contributed by atoms with Crippen LogP contribution in [0.25, 0.3) is 5.65 Å². The molecule has 1 aliphatic heterocycles. The van der Waals surface area contributed by atoms with Gasteiger partial charge in [0.05, 0.1) is 23.7 Å². The quantitative estimate of drug-likeness (QED) is 0.736. The molecular formula is C18H20N6O. The standard InChI is InChI=1S/C18H20N6O/c1-12-14(10-19-15-4-7-21-24(12)15)17(25)23-8-2-5-18(11-23)6-3-13-9-20-22-16(13)18/h4,7,9-10H,2-3,5-6,8,11H2,1H3,(H,20,22). The normalized spacial score (nSPS) is 22.7. The number of hydrogen-bond donors (Lipinski definition) is 1. The summed E-state index contributed by atoms with van der Waals surface area (Å²) in [5.41, 5.74) is 4.83. The van der Waals surface area contributed by atoms with Crippen molar-refractivity contribution in [2.75, 3.05) is 13.1 Å². The molecule has 3 aromatic heterocycles. The summed E-state index contributed by atoms with van der Waals surface area (Å²) >= 11 is 0. The largest absolute Gasteiger partial charge is 0.338 e. The molecule has 1 atom stereocenters. The van der Waals surface area contributed by atoms with E-state index in [2.05, 4.69) is 20.3 Å². The highest BCUT2D eigenvalue weighted by molar-refractivity contribution is 5.95. The molecule has 1 spiro atoms. The molecule has 3 aromatic rings. The summed E-state index contributed by atoms with van der Waals surface area (Å²) in [4.78, 5) is 19.6. The van der Waals surface area contributed by atoms with Crippen LogP contribution in [0.5, 0.6) is 0 Å². The lowest BCUT2D eigenvalue weighted by Crippen LogP contribution is -2.48. The number of carbonyl (C=O) groups excluding carboxylic acids is 1. The molecule has 4 heterocycles. The Kier molecular flexibility index (Phi) is 3.01. The number of nitrogens with one attached hydrogen (secondary N) is 1. The van der Waals surface area contributed by atoms with Crippen molar-refractivity contribution in [2.45, 2.75) is 38.0 Å². The van der Waals surface area contributed by atoms with E-state index in [0.29, 0.717) is 5.56 Å². The Hall–Kier alpha value is -2.70. The fourth-order valence-corrected chi connectivity index (χ4v) is 4.54. The van der Waals surface area contributed by atoms with Crippen molar-refractivity contribution < 1.29 is 4.79 Å². The molecule has 1 saturated heterocycles. The van der Waals surface area contributed by atoms with Crippen LogP contribution in [0.4, 0.5) is 0 Å². The molecule has 0 radical (unpaired) electrons. The van der Waals surface area contributed by atoms with Crippen molar-refractivity contribution in [1.29, 1.82) is 0 Å². The lowest BCUT2D eigenvalue weighted by Gasteiger charge is -2.40. The number of fused-ring (bicyclic) bond motifs is 3. The number of amides is 1. The maximum absolute atomic E-state index is 13.2. The molecule has 25 heavy (non-hydrogen) atoms. The van der Waals surface area contributed by atoms with Gasteiger partial charge in [-0.1, -0.05) is 0 Å². The van der Waals surface area contributed by atoms with Crippen LogP contribution in [0.1, 0.15) is 46.6 Å². The minimum Gasteiger partial charge on any atom is -0.338 e. The van der Waals surface area contributed by atoms with Gasteiger partial charge in [0.1, 0.15) is 0 Å². The van der Waals surface area contributed by atoms with Gasteiger partial charge in [0.15, 0.2) is 5.65 Å². The third-order valence-electron chi connectivity index (χ3n) is 5.87. The molecule has 0 bridgehead atoms. The van der Waals surface area contributed by atoms with Gasteiger partial charge in [0, 0.05) is 36.5 Å². The van der Waals surface area contributed by atoms with E-state index in [1.165, 1.54) is 11.3 Å². The lowest BCUT2D eigenvalue weighted by molar-refractivity contribution is 0.0631. The summed E-state index contributed by atoms with van der Waals surface area (Å²) in [6, 6.07) is 1.84. The Morgan fingerprint density at radius 3 is 3.16 bits per heavy atom. The van der Waals surface area contributed by atoms with Crippen molar-refractivity contribution in [1.82, 2.24) is 29.7 Å². The molecule has 0 saturated carbocycles. The smallest absolute Gasteiger partial charge is 0.257 e. The van der Waals surface area contributed by atoms with Crippen molar-refractivity contribution in [3.8, 4) is 0 Å². The van der Waals surface area contributed by atoms with E-state index in [0.717, 1.165) is 50.1 Å². The van der Waals surface area contributed by atoms with E-state index in [4.69, 9.17) is 0 Å². The molecule has 1 aliphatic carbocycles. The monoisotopic (exact) mass is 336 g/mol. The van der Waals surface area contributed by atoms with Gasteiger partial charge in [-0.3, -0.25) is 9.89 Å². The summed E-state index contributed by atoms with van der Waals surface area (Å²) in [7, 11) is 0. The molecule has 0 aromatic carbocycles. The highest BCUT2D eigenvalue weighted by atomic mass is 16.2. The Labute approximate surface area is 145 Å². The molecule has 1 amide bonds. The van der Waals surface area contributed by atoms with E-state index in [9.17, 15) is 4.79 Å². The van der Waals surface area contributed by atoms with Gasteiger partial charge in [-0.25, -0.2) is 9.50 Å². The average molecular weight is 336 g/mol. The van der Waals surface area contributed by atoms with Crippen molar-refractivity contribution >= 4 is 11.6 Å². The van der Waals surface area contributed by atoms with Crippen LogP contribution in [0.2, 0.25) is 0 Å². The van der Waals surface area contributed by atoms with E-state index in [1.807, 2.05) is 24.1 Å². The molecular weight excluding hydrogens is 316 g/mol. The Bertz CT molecular complexity index is 973. The number of aromatic nitrogens is 5. The third-order valence-corrected chi connectivity index (χ3v) is 5.87. The maximum Gasteiger partial charge on any atom is 0.257 e. The van der Waals surface area contributed by atoms with E-state index in [-0.39, 0.29) is 11.3 Å². The highest BCUT2D eigenvalue weighted by Crippen LogP contribution is 2.44. The van der Waals surface area contributed by atoms with Crippen molar-refractivity contribution in [2.24, 2.45) is 0 Å². The second kappa shape index (κ2) is 5.15. The number of nitrogens with zero attached hydrogens (tertiary/aromatic N) is 5. The topological polar surface area (TPSA) is 79.2 Å². The third kappa shape index (κ3) is 2.04. The number of likely N-dealkylation sites (tertiary alicyclic amines) is 1. The summed E-state index contributed by atoms with van der Waals surface area (Å²) in [6.07, 6.45) is 9.60. The van der Waals surface area contributed by atoms with Gasteiger partial charge in [-0.15, -0.1) is 0 Å². The first-order valence-electron chi connectivity index (χ1n) is 8.79. The van der Waals surface area contributed by atoms with Gasteiger partial charge >= 0.3 is 0 Å². The predicted molar refractivity (Wildman–Crippen MR) is 91.4 cm³/mol. The zero-order chi connectivity index (χ0) is 17.0. The highest BCUT2D eigenvalue weighted by Gasteiger charge is 2.44.